The molecule has 3 heteroatoms. The Bertz CT molecular complexity index is 138. The molecule has 0 aromatic heterocycles. The van der Waals surface area contributed by atoms with E-state index in [0.29, 0.717) is 6.04 Å². The first-order chi connectivity index (χ1) is 5.24. The van der Waals surface area contributed by atoms with Gasteiger partial charge < -0.3 is 9.80 Å². The monoisotopic (exact) mass is 156 g/mol. The van der Waals surface area contributed by atoms with Gasteiger partial charge in [-0.2, -0.15) is 0 Å². The highest BCUT2D eigenvalue weighted by molar-refractivity contribution is 5.46. The number of rotatable bonds is 3. The molecule has 0 spiro atoms. The second kappa shape index (κ2) is 3.72. The van der Waals surface area contributed by atoms with E-state index in [4.69, 9.17) is 0 Å². The molecule has 0 N–H and O–H groups in total. The van der Waals surface area contributed by atoms with E-state index >= 15 is 0 Å². The predicted octanol–water partition coefficient (Wildman–Crippen LogP) is 0.169. The second-order valence-electron chi connectivity index (χ2n) is 3.32. The van der Waals surface area contributed by atoms with Crippen molar-refractivity contribution in [2.24, 2.45) is 0 Å². The van der Waals surface area contributed by atoms with Crippen LogP contribution in [0, 0.1) is 0 Å². The summed E-state index contributed by atoms with van der Waals surface area (Å²) >= 11 is 0. The molecule has 0 aromatic rings. The van der Waals surface area contributed by atoms with Gasteiger partial charge in [-0.05, 0) is 26.4 Å². The summed E-state index contributed by atoms with van der Waals surface area (Å²) in [6.45, 7) is 2.05. The highest BCUT2D eigenvalue weighted by Gasteiger charge is 2.21. The molecule has 1 atom stereocenters. The van der Waals surface area contributed by atoms with E-state index in [1.54, 1.807) is 4.90 Å². The van der Waals surface area contributed by atoms with Crippen molar-refractivity contribution in [2.45, 2.75) is 18.9 Å². The third kappa shape index (κ3) is 2.19. The Labute approximate surface area is 68.0 Å². The van der Waals surface area contributed by atoms with Gasteiger partial charge in [0.2, 0.25) is 6.41 Å². The third-order valence-electron chi connectivity index (χ3n) is 2.35. The molecule has 1 aliphatic rings. The van der Waals surface area contributed by atoms with Crippen LogP contribution in [0.1, 0.15) is 12.8 Å². The van der Waals surface area contributed by atoms with E-state index in [1.807, 2.05) is 7.05 Å². The Hall–Kier alpha value is -0.570. The number of carbonyl (C=O) groups is 1. The fourth-order valence-electron chi connectivity index (χ4n) is 1.59. The molecular formula is C8H16N2O. The minimum atomic E-state index is 0.588. The second-order valence-corrected chi connectivity index (χ2v) is 3.32. The average molecular weight is 156 g/mol. The number of amides is 1. The molecule has 0 aliphatic carbocycles. The quantitative estimate of drug-likeness (QED) is 0.544. The summed E-state index contributed by atoms with van der Waals surface area (Å²) in [5, 5.41) is 0. The van der Waals surface area contributed by atoms with Gasteiger partial charge in [0.05, 0.1) is 0 Å². The molecule has 0 bridgehead atoms. The van der Waals surface area contributed by atoms with Crippen LogP contribution in [0.3, 0.4) is 0 Å². The third-order valence-corrected chi connectivity index (χ3v) is 2.35. The molecule has 1 rings (SSSR count). The Morgan fingerprint density at radius 1 is 1.73 bits per heavy atom. The SMILES string of the molecule is CN(C=O)C[C@@H]1CCCN1C. The van der Waals surface area contributed by atoms with Gasteiger partial charge in [0.15, 0.2) is 0 Å². The first-order valence-electron chi connectivity index (χ1n) is 4.10. The average Bonchev–Trinajstić information content (AvgIpc) is 2.37. The van der Waals surface area contributed by atoms with Gasteiger partial charge in [0, 0.05) is 19.6 Å². The van der Waals surface area contributed by atoms with Gasteiger partial charge in [-0.1, -0.05) is 0 Å². The summed E-state index contributed by atoms with van der Waals surface area (Å²) in [6, 6.07) is 0.588. The van der Waals surface area contributed by atoms with Crippen molar-refractivity contribution < 1.29 is 4.79 Å². The van der Waals surface area contributed by atoms with Crippen molar-refractivity contribution >= 4 is 6.41 Å². The van der Waals surface area contributed by atoms with Crippen LogP contribution < -0.4 is 0 Å². The molecular weight excluding hydrogens is 140 g/mol. The zero-order valence-corrected chi connectivity index (χ0v) is 7.29. The molecule has 0 unspecified atom stereocenters. The number of likely N-dealkylation sites (N-methyl/N-ethyl adjacent to an activating group) is 2. The van der Waals surface area contributed by atoms with E-state index in [2.05, 4.69) is 11.9 Å². The number of likely N-dealkylation sites (tertiary alicyclic amines) is 1. The molecule has 0 saturated carbocycles. The van der Waals surface area contributed by atoms with Crippen molar-refractivity contribution in [3.8, 4) is 0 Å². The maximum absolute atomic E-state index is 10.3. The molecule has 3 nitrogen and oxygen atoms in total. The molecule has 1 fully saturated rings. The zero-order chi connectivity index (χ0) is 8.27. The smallest absolute Gasteiger partial charge is 0.209 e. The lowest BCUT2D eigenvalue weighted by atomic mass is 10.2. The van der Waals surface area contributed by atoms with Gasteiger partial charge in [-0.15, -0.1) is 0 Å². The van der Waals surface area contributed by atoms with Gasteiger partial charge in [0.25, 0.3) is 0 Å². The van der Waals surface area contributed by atoms with Crippen LogP contribution in [0.2, 0.25) is 0 Å². The normalized spacial score (nSPS) is 25.5. The highest BCUT2D eigenvalue weighted by atomic mass is 16.1. The van der Waals surface area contributed by atoms with E-state index in [9.17, 15) is 4.79 Å². The lowest BCUT2D eigenvalue weighted by molar-refractivity contribution is -0.117. The van der Waals surface area contributed by atoms with Crippen LogP contribution >= 0.6 is 0 Å². The number of carbonyl (C=O) groups excluding carboxylic acids is 1. The zero-order valence-electron chi connectivity index (χ0n) is 7.29. The maximum atomic E-state index is 10.3. The Kier molecular flexibility index (Phi) is 2.88. The van der Waals surface area contributed by atoms with E-state index in [-0.39, 0.29) is 0 Å². The van der Waals surface area contributed by atoms with E-state index in [1.165, 1.54) is 19.4 Å². The van der Waals surface area contributed by atoms with Crippen molar-refractivity contribution in [2.75, 3.05) is 27.2 Å². The first kappa shape index (κ1) is 8.53. The summed E-state index contributed by atoms with van der Waals surface area (Å²) in [6.07, 6.45) is 3.40. The van der Waals surface area contributed by atoms with Gasteiger partial charge in [0.1, 0.15) is 0 Å². The molecule has 1 heterocycles. The fourth-order valence-corrected chi connectivity index (χ4v) is 1.59. The summed E-state index contributed by atoms with van der Waals surface area (Å²) < 4.78 is 0. The van der Waals surface area contributed by atoms with Crippen LogP contribution in [0.5, 0.6) is 0 Å². The van der Waals surface area contributed by atoms with Crippen molar-refractivity contribution in [1.29, 1.82) is 0 Å². The molecule has 0 aromatic carbocycles. The minimum absolute atomic E-state index is 0.588. The molecule has 0 radical (unpaired) electrons. The van der Waals surface area contributed by atoms with Gasteiger partial charge >= 0.3 is 0 Å². The molecule has 1 aliphatic heterocycles. The lowest BCUT2D eigenvalue weighted by Crippen LogP contribution is -2.35. The number of hydrogen-bond donors (Lipinski definition) is 0. The summed E-state index contributed by atoms with van der Waals surface area (Å²) in [4.78, 5) is 14.3. The van der Waals surface area contributed by atoms with Gasteiger partial charge in [-0.3, -0.25) is 4.79 Å². The van der Waals surface area contributed by atoms with Crippen LogP contribution in [0.15, 0.2) is 0 Å². The van der Waals surface area contributed by atoms with Crippen molar-refractivity contribution in [1.82, 2.24) is 9.80 Å². The summed E-state index contributed by atoms with van der Waals surface area (Å²) in [5.74, 6) is 0. The van der Waals surface area contributed by atoms with Crippen molar-refractivity contribution in [3.05, 3.63) is 0 Å². The van der Waals surface area contributed by atoms with Gasteiger partial charge in [-0.25, -0.2) is 0 Å². The molecule has 1 saturated heterocycles. The van der Waals surface area contributed by atoms with Crippen LogP contribution in [0.25, 0.3) is 0 Å². The Morgan fingerprint density at radius 2 is 2.45 bits per heavy atom. The Balaban J connectivity index is 2.30. The van der Waals surface area contributed by atoms with E-state index < -0.39 is 0 Å². The summed E-state index contributed by atoms with van der Waals surface area (Å²) in [7, 11) is 3.95. The number of nitrogens with zero attached hydrogens (tertiary/aromatic N) is 2. The first-order valence-corrected chi connectivity index (χ1v) is 4.10. The maximum Gasteiger partial charge on any atom is 0.209 e. The molecule has 64 valence electrons. The predicted molar refractivity (Wildman–Crippen MR) is 44.3 cm³/mol. The van der Waals surface area contributed by atoms with Crippen LogP contribution in [0.4, 0.5) is 0 Å². The summed E-state index contributed by atoms with van der Waals surface area (Å²) in [5.41, 5.74) is 0. The van der Waals surface area contributed by atoms with Crippen LogP contribution in [-0.2, 0) is 4.79 Å². The molecule has 1 amide bonds. The van der Waals surface area contributed by atoms with Crippen LogP contribution in [-0.4, -0.2) is 49.4 Å². The topological polar surface area (TPSA) is 23.6 Å². The molecule has 11 heavy (non-hydrogen) atoms. The standard InChI is InChI=1S/C8H16N2O/c1-9(7-11)6-8-4-3-5-10(8)2/h7-8H,3-6H2,1-2H3/t8-/m0/s1. The number of hydrogen-bond acceptors (Lipinski definition) is 2. The highest BCUT2D eigenvalue weighted by Crippen LogP contribution is 2.14. The fraction of sp³-hybridized carbons (Fsp3) is 0.875. The van der Waals surface area contributed by atoms with E-state index in [0.717, 1.165) is 13.0 Å². The minimum Gasteiger partial charge on any atom is -0.347 e. The Morgan fingerprint density at radius 3 is 2.91 bits per heavy atom. The largest absolute Gasteiger partial charge is 0.347 e. The lowest BCUT2D eigenvalue weighted by Gasteiger charge is -2.22. The van der Waals surface area contributed by atoms with Crippen molar-refractivity contribution in [3.63, 3.8) is 0 Å².